The maximum atomic E-state index is 13.0. The predicted molar refractivity (Wildman–Crippen MR) is 87.3 cm³/mol. The minimum atomic E-state index is -0.576. The van der Waals surface area contributed by atoms with Gasteiger partial charge in [-0.3, -0.25) is 14.9 Å². The number of carbonyl (C=O) groups is 1. The van der Waals surface area contributed by atoms with E-state index in [0.29, 0.717) is 5.69 Å². The molecule has 1 heterocycles. The summed E-state index contributed by atoms with van der Waals surface area (Å²) in [5.41, 5.74) is 1.22. The molecule has 1 aromatic heterocycles. The van der Waals surface area contributed by atoms with E-state index < -0.39 is 4.92 Å². The second-order valence-corrected chi connectivity index (χ2v) is 5.32. The Morgan fingerprint density at radius 2 is 1.81 bits per heavy atom. The molecular formula is C18H13BrFN3O3. The van der Waals surface area contributed by atoms with E-state index in [1.807, 2.05) is 0 Å². The Hall–Kier alpha value is -3.00. The minimum Gasteiger partial charge on any atom is -1.00 e. The van der Waals surface area contributed by atoms with Gasteiger partial charge in [-0.05, 0) is 35.3 Å². The smallest absolute Gasteiger partial charge is 0.287 e. The molecule has 0 aliphatic heterocycles. The van der Waals surface area contributed by atoms with Crippen LogP contribution in [0.3, 0.4) is 0 Å². The van der Waals surface area contributed by atoms with Crippen LogP contribution in [-0.4, -0.2) is 15.7 Å². The fraction of sp³-hybridized carbons (Fsp3) is 0.0556. The maximum absolute atomic E-state index is 13.0. The topological polar surface area (TPSA) is 77.0 Å². The van der Waals surface area contributed by atoms with E-state index in [0.717, 1.165) is 5.56 Å². The molecule has 132 valence electrons. The Labute approximate surface area is 158 Å². The molecule has 6 nitrogen and oxygen atoms in total. The Kier molecular flexibility index (Phi) is 6.24. The van der Waals surface area contributed by atoms with Crippen LogP contribution in [0.4, 0.5) is 10.1 Å². The van der Waals surface area contributed by atoms with Gasteiger partial charge >= 0.3 is 0 Å². The van der Waals surface area contributed by atoms with Gasteiger partial charge in [0.1, 0.15) is 5.82 Å². The highest BCUT2D eigenvalue weighted by Crippen LogP contribution is 2.18. The zero-order valence-corrected chi connectivity index (χ0v) is 15.0. The second-order valence-electron chi connectivity index (χ2n) is 5.32. The highest BCUT2D eigenvalue weighted by Gasteiger charge is 2.21. The van der Waals surface area contributed by atoms with Gasteiger partial charge in [0.25, 0.3) is 12.0 Å². The van der Waals surface area contributed by atoms with Crippen LogP contribution in [0.1, 0.15) is 10.4 Å². The van der Waals surface area contributed by atoms with Gasteiger partial charge in [-0.15, -0.1) is 0 Å². The number of benzene rings is 2. The van der Waals surface area contributed by atoms with E-state index in [2.05, 4.69) is 4.98 Å². The summed E-state index contributed by atoms with van der Waals surface area (Å²) in [6, 6.07) is 13.4. The summed E-state index contributed by atoms with van der Waals surface area (Å²) >= 11 is 0. The summed E-state index contributed by atoms with van der Waals surface area (Å²) in [6.07, 6.45) is 3.11. The highest BCUT2D eigenvalue weighted by atomic mass is 79.9. The molecule has 0 bridgehead atoms. The number of nitro groups is 1. The molecule has 0 radical (unpaired) electrons. The first-order valence-corrected chi connectivity index (χ1v) is 7.42. The number of hydrogen-bond donors (Lipinski definition) is 0. The van der Waals surface area contributed by atoms with E-state index in [9.17, 15) is 19.3 Å². The van der Waals surface area contributed by atoms with Crippen LogP contribution >= 0.6 is 0 Å². The molecule has 2 aromatic carbocycles. The molecule has 0 spiro atoms. The molecule has 0 N–H and O–H groups in total. The number of nitrogens with zero attached hydrogens (tertiary/aromatic N) is 3. The number of rotatable bonds is 5. The summed E-state index contributed by atoms with van der Waals surface area (Å²) in [6.45, 7) is -0.0679. The van der Waals surface area contributed by atoms with Crippen molar-refractivity contribution >= 4 is 11.5 Å². The van der Waals surface area contributed by atoms with Crippen molar-refractivity contribution in [3.63, 3.8) is 0 Å². The quantitative estimate of drug-likeness (QED) is 0.253. The lowest BCUT2D eigenvalue weighted by molar-refractivity contribution is -0.686. The third-order valence-corrected chi connectivity index (χ3v) is 3.64. The summed E-state index contributed by atoms with van der Waals surface area (Å²) in [7, 11) is 0. The molecule has 0 amide bonds. The normalized spacial score (nSPS) is 10.0. The average Bonchev–Trinajstić information content (AvgIpc) is 2.63. The van der Waals surface area contributed by atoms with Crippen molar-refractivity contribution in [1.29, 1.82) is 0 Å². The molecule has 0 aliphatic rings. The molecule has 0 fully saturated rings. The van der Waals surface area contributed by atoms with E-state index >= 15 is 0 Å². The molecule has 0 saturated heterocycles. The first-order valence-electron chi connectivity index (χ1n) is 7.42. The van der Waals surface area contributed by atoms with Gasteiger partial charge in [0.05, 0.1) is 16.7 Å². The monoisotopic (exact) mass is 417 g/mol. The standard InChI is InChI=1S/C18H13FN3O3.BrH/c19-14-7-5-13(6-8-14)16-9-10-21(12-20-16)11-18(23)15-3-1-2-4-17(15)22(24)25;/h1-10,12H,11H2;1H/q+1;/p-1. The molecule has 0 atom stereocenters. The van der Waals surface area contributed by atoms with Gasteiger partial charge in [-0.2, -0.15) is 0 Å². The van der Waals surface area contributed by atoms with Crippen LogP contribution in [0.2, 0.25) is 0 Å². The second kappa shape index (κ2) is 8.39. The predicted octanol–water partition coefficient (Wildman–Crippen LogP) is -0.0297. The Morgan fingerprint density at radius 1 is 1.12 bits per heavy atom. The number of ketones is 1. The van der Waals surface area contributed by atoms with Crippen molar-refractivity contribution in [3.05, 3.63) is 88.6 Å². The van der Waals surface area contributed by atoms with Gasteiger partial charge in [0.2, 0.25) is 5.78 Å². The molecule has 26 heavy (non-hydrogen) atoms. The third kappa shape index (κ3) is 4.34. The lowest BCUT2D eigenvalue weighted by atomic mass is 10.1. The van der Waals surface area contributed by atoms with Crippen LogP contribution in [0.15, 0.2) is 67.1 Å². The Morgan fingerprint density at radius 3 is 2.42 bits per heavy atom. The fourth-order valence-electron chi connectivity index (χ4n) is 2.39. The van der Waals surface area contributed by atoms with Crippen LogP contribution < -0.4 is 21.5 Å². The summed E-state index contributed by atoms with van der Waals surface area (Å²) in [5.74, 6) is -0.710. The Bertz CT molecular complexity index is 931. The van der Waals surface area contributed by atoms with E-state index in [4.69, 9.17) is 0 Å². The number of para-hydroxylation sites is 1. The first kappa shape index (κ1) is 19.3. The number of halogens is 2. The SMILES string of the molecule is O=C(C[n+]1ccc(-c2ccc(F)cc2)nc1)c1ccccc1[N+](=O)[O-].[Br-]. The van der Waals surface area contributed by atoms with Crippen molar-refractivity contribution < 1.29 is 35.7 Å². The van der Waals surface area contributed by atoms with E-state index in [1.54, 1.807) is 30.5 Å². The van der Waals surface area contributed by atoms with Crippen LogP contribution in [-0.2, 0) is 6.54 Å². The van der Waals surface area contributed by atoms with Crippen molar-refractivity contribution in [3.8, 4) is 11.3 Å². The largest absolute Gasteiger partial charge is 1.00 e. The third-order valence-electron chi connectivity index (χ3n) is 3.64. The zero-order valence-electron chi connectivity index (χ0n) is 13.4. The molecule has 0 aliphatic carbocycles. The number of nitro benzene ring substituents is 1. The number of aromatic nitrogens is 2. The average molecular weight is 418 g/mol. The number of Topliss-reactive ketones (excluding diaryl/α,β-unsaturated/α-hetero) is 1. The molecule has 3 aromatic rings. The zero-order chi connectivity index (χ0) is 17.8. The lowest BCUT2D eigenvalue weighted by Gasteiger charge is -2.02. The summed E-state index contributed by atoms with van der Waals surface area (Å²) in [4.78, 5) is 27.0. The van der Waals surface area contributed by atoms with Crippen LogP contribution in [0.5, 0.6) is 0 Å². The molecule has 3 rings (SSSR count). The van der Waals surface area contributed by atoms with Gasteiger partial charge in [-0.1, -0.05) is 12.1 Å². The fourth-order valence-corrected chi connectivity index (χ4v) is 2.39. The summed E-state index contributed by atoms with van der Waals surface area (Å²) < 4.78 is 14.5. The lowest BCUT2D eigenvalue weighted by Crippen LogP contribution is -3.00. The van der Waals surface area contributed by atoms with E-state index in [-0.39, 0.29) is 46.4 Å². The highest BCUT2D eigenvalue weighted by molar-refractivity contribution is 5.98. The van der Waals surface area contributed by atoms with Gasteiger partial charge in [-0.25, -0.2) is 8.96 Å². The van der Waals surface area contributed by atoms with Crippen LogP contribution in [0, 0.1) is 15.9 Å². The van der Waals surface area contributed by atoms with Crippen molar-refractivity contribution in [2.24, 2.45) is 0 Å². The van der Waals surface area contributed by atoms with Crippen LogP contribution in [0.25, 0.3) is 11.3 Å². The first-order chi connectivity index (χ1) is 12.0. The Balaban J connectivity index is 0.00000243. The molecule has 0 saturated carbocycles. The molecule has 0 unspecified atom stereocenters. The summed E-state index contributed by atoms with van der Waals surface area (Å²) in [5, 5.41) is 11.0. The van der Waals surface area contributed by atoms with Gasteiger partial charge < -0.3 is 17.0 Å². The van der Waals surface area contributed by atoms with Crippen molar-refractivity contribution in [2.75, 3.05) is 0 Å². The maximum Gasteiger partial charge on any atom is 0.287 e. The van der Waals surface area contributed by atoms with Gasteiger partial charge in [0, 0.05) is 17.7 Å². The minimum absolute atomic E-state index is 0. The number of carbonyl (C=O) groups excluding carboxylic acids is 1. The van der Waals surface area contributed by atoms with Crippen molar-refractivity contribution in [2.45, 2.75) is 6.54 Å². The van der Waals surface area contributed by atoms with E-state index in [1.165, 1.54) is 41.2 Å². The molecule has 8 heteroatoms. The molecular weight excluding hydrogens is 405 g/mol. The van der Waals surface area contributed by atoms with Gasteiger partial charge in [0.15, 0.2) is 12.2 Å². The number of hydrogen-bond acceptors (Lipinski definition) is 4. The van der Waals surface area contributed by atoms with Crippen molar-refractivity contribution in [1.82, 2.24) is 4.98 Å².